The van der Waals surface area contributed by atoms with Gasteiger partial charge in [0.05, 0.1) is 0 Å². The first kappa shape index (κ1) is 14.9. The lowest BCUT2D eigenvalue weighted by atomic mass is 10.1. The van der Waals surface area contributed by atoms with E-state index < -0.39 is 6.04 Å². The molecular weight excluding hydrogens is 276 g/mol. The van der Waals surface area contributed by atoms with Gasteiger partial charge in [0.1, 0.15) is 6.04 Å². The quantitative estimate of drug-likeness (QED) is 0.841. The highest BCUT2D eigenvalue weighted by Gasteiger charge is 2.34. The van der Waals surface area contributed by atoms with E-state index in [1.807, 2.05) is 26.0 Å². The fraction of sp³-hybridized carbons (Fsp3) is 0.467. The van der Waals surface area contributed by atoms with E-state index >= 15 is 0 Å². The van der Waals surface area contributed by atoms with Crippen LogP contribution in [0.4, 0.5) is 5.69 Å². The molecule has 0 saturated carbocycles. The molecule has 0 spiro atoms. The Labute approximate surface area is 124 Å². The highest BCUT2D eigenvalue weighted by molar-refractivity contribution is 6.30. The van der Waals surface area contributed by atoms with Gasteiger partial charge in [-0.2, -0.15) is 0 Å². The van der Waals surface area contributed by atoms with Crippen molar-refractivity contribution < 1.29 is 9.59 Å². The van der Waals surface area contributed by atoms with Crippen LogP contribution in [0.15, 0.2) is 18.2 Å². The Bertz CT molecular complexity index is 545. The molecule has 1 saturated heterocycles. The highest BCUT2D eigenvalue weighted by Crippen LogP contribution is 2.26. The molecule has 4 nitrogen and oxygen atoms in total. The summed E-state index contributed by atoms with van der Waals surface area (Å²) < 4.78 is 0. The normalized spacial score (nSPS) is 19.4. The monoisotopic (exact) mass is 294 g/mol. The minimum absolute atomic E-state index is 0.0262. The molecule has 0 bridgehead atoms. The molecule has 20 heavy (non-hydrogen) atoms. The number of amides is 2. The van der Waals surface area contributed by atoms with Crippen molar-refractivity contribution >= 4 is 29.1 Å². The number of hydrogen-bond donors (Lipinski definition) is 0. The van der Waals surface area contributed by atoms with Crippen molar-refractivity contribution in [3.63, 3.8) is 0 Å². The second-order valence-electron chi connectivity index (χ2n) is 5.04. The van der Waals surface area contributed by atoms with Crippen LogP contribution in [0.25, 0.3) is 0 Å². The lowest BCUT2D eigenvalue weighted by Crippen LogP contribution is -2.57. The van der Waals surface area contributed by atoms with Crippen molar-refractivity contribution in [2.45, 2.75) is 33.2 Å². The molecule has 2 amide bonds. The van der Waals surface area contributed by atoms with E-state index in [0.29, 0.717) is 24.5 Å². The van der Waals surface area contributed by atoms with Gasteiger partial charge in [-0.3, -0.25) is 9.59 Å². The molecule has 1 heterocycles. The fourth-order valence-electron chi connectivity index (χ4n) is 2.58. The third-order valence-corrected chi connectivity index (χ3v) is 3.96. The van der Waals surface area contributed by atoms with Gasteiger partial charge in [0, 0.05) is 30.2 Å². The molecule has 1 aliphatic heterocycles. The summed E-state index contributed by atoms with van der Waals surface area (Å²) in [6.45, 7) is 6.63. The molecule has 5 heteroatoms. The number of piperazine rings is 1. The predicted octanol–water partition coefficient (Wildman–Crippen LogP) is 2.62. The number of nitrogens with zero attached hydrogens (tertiary/aromatic N) is 2. The summed E-state index contributed by atoms with van der Waals surface area (Å²) >= 11 is 5.95. The first-order chi connectivity index (χ1) is 9.45. The van der Waals surface area contributed by atoms with Crippen molar-refractivity contribution in [1.29, 1.82) is 0 Å². The standard InChI is InChI=1S/C15H19ClN2O2/c1-4-14(19)17-7-8-18(15(20)11(17)3)13-6-5-12(16)9-10(13)2/h5-6,9,11H,4,7-8H2,1-3H3/t11-/m0/s1. The maximum absolute atomic E-state index is 12.5. The van der Waals surface area contributed by atoms with Crippen molar-refractivity contribution in [3.8, 4) is 0 Å². The number of anilines is 1. The predicted molar refractivity (Wildman–Crippen MR) is 80.0 cm³/mol. The fourth-order valence-corrected chi connectivity index (χ4v) is 2.80. The second-order valence-corrected chi connectivity index (χ2v) is 5.47. The van der Waals surface area contributed by atoms with Crippen LogP contribution in [-0.2, 0) is 9.59 Å². The van der Waals surface area contributed by atoms with Gasteiger partial charge in [0.2, 0.25) is 11.8 Å². The molecule has 0 radical (unpaired) electrons. The molecule has 0 aliphatic carbocycles. The van der Waals surface area contributed by atoms with Gasteiger partial charge >= 0.3 is 0 Å². The maximum Gasteiger partial charge on any atom is 0.249 e. The molecular formula is C15H19ClN2O2. The van der Waals surface area contributed by atoms with Crippen LogP contribution in [0.1, 0.15) is 25.8 Å². The minimum Gasteiger partial charge on any atom is -0.329 e. The molecule has 0 N–H and O–H groups in total. The molecule has 1 aliphatic rings. The largest absolute Gasteiger partial charge is 0.329 e. The van der Waals surface area contributed by atoms with E-state index in [2.05, 4.69) is 0 Å². The third-order valence-electron chi connectivity index (χ3n) is 3.73. The zero-order valence-electron chi connectivity index (χ0n) is 12.0. The van der Waals surface area contributed by atoms with Crippen LogP contribution in [0.5, 0.6) is 0 Å². The first-order valence-corrected chi connectivity index (χ1v) is 7.20. The molecule has 1 atom stereocenters. The van der Waals surface area contributed by atoms with Crippen LogP contribution in [0.2, 0.25) is 5.02 Å². The first-order valence-electron chi connectivity index (χ1n) is 6.82. The zero-order valence-corrected chi connectivity index (χ0v) is 12.8. The number of carbonyl (C=O) groups excluding carboxylic acids is 2. The molecule has 108 valence electrons. The highest BCUT2D eigenvalue weighted by atomic mass is 35.5. The Kier molecular flexibility index (Phi) is 4.33. The summed E-state index contributed by atoms with van der Waals surface area (Å²) in [5.74, 6) is -0.0122. The summed E-state index contributed by atoms with van der Waals surface area (Å²) in [4.78, 5) is 27.7. The number of benzene rings is 1. The summed E-state index contributed by atoms with van der Waals surface area (Å²) in [6.07, 6.45) is 0.428. The zero-order chi connectivity index (χ0) is 14.9. The van der Waals surface area contributed by atoms with Crippen molar-refractivity contribution in [1.82, 2.24) is 4.90 Å². The maximum atomic E-state index is 12.5. The van der Waals surface area contributed by atoms with Crippen molar-refractivity contribution in [3.05, 3.63) is 28.8 Å². The van der Waals surface area contributed by atoms with Crippen LogP contribution in [0, 0.1) is 6.92 Å². The molecule has 1 aromatic carbocycles. The van der Waals surface area contributed by atoms with E-state index in [-0.39, 0.29) is 11.8 Å². The topological polar surface area (TPSA) is 40.6 Å². The Hall–Kier alpha value is -1.55. The number of hydrogen-bond acceptors (Lipinski definition) is 2. The number of halogens is 1. The Balaban J connectivity index is 2.24. The van der Waals surface area contributed by atoms with Crippen LogP contribution >= 0.6 is 11.6 Å². The van der Waals surface area contributed by atoms with Gasteiger partial charge in [-0.05, 0) is 37.6 Å². The minimum atomic E-state index is -0.411. The number of carbonyl (C=O) groups is 2. The smallest absolute Gasteiger partial charge is 0.249 e. The van der Waals surface area contributed by atoms with Gasteiger partial charge < -0.3 is 9.80 Å². The summed E-state index contributed by atoms with van der Waals surface area (Å²) in [5, 5.41) is 0.659. The number of aryl methyl sites for hydroxylation is 1. The summed E-state index contributed by atoms with van der Waals surface area (Å²) in [5.41, 5.74) is 1.84. The average Bonchev–Trinajstić information content (AvgIpc) is 2.42. The third kappa shape index (κ3) is 2.66. The van der Waals surface area contributed by atoms with Gasteiger partial charge in [0.25, 0.3) is 0 Å². The molecule has 1 fully saturated rings. The molecule has 0 unspecified atom stereocenters. The molecule has 0 aromatic heterocycles. The van der Waals surface area contributed by atoms with E-state index in [0.717, 1.165) is 11.3 Å². The summed E-state index contributed by atoms with van der Waals surface area (Å²) in [6, 6.07) is 5.08. The van der Waals surface area contributed by atoms with Crippen LogP contribution in [-0.4, -0.2) is 35.8 Å². The molecule has 1 aromatic rings. The van der Waals surface area contributed by atoms with E-state index in [9.17, 15) is 9.59 Å². The lowest BCUT2D eigenvalue weighted by molar-refractivity contribution is -0.140. The van der Waals surface area contributed by atoms with Crippen LogP contribution in [0.3, 0.4) is 0 Å². The number of rotatable bonds is 2. The Morgan fingerprint density at radius 2 is 2.10 bits per heavy atom. The molecule has 2 rings (SSSR count). The van der Waals surface area contributed by atoms with Gasteiger partial charge in [0.15, 0.2) is 0 Å². The Morgan fingerprint density at radius 1 is 1.40 bits per heavy atom. The van der Waals surface area contributed by atoms with Crippen LogP contribution < -0.4 is 4.90 Å². The van der Waals surface area contributed by atoms with Gasteiger partial charge in [-0.15, -0.1) is 0 Å². The summed E-state index contributed by atoms with van der Waals surface area (Å²) in [7, 11) is 0. The van der Waals surface area contributed by atoms with Crippen molar-refractivity contribution in [2.75, 3.05) is 18.0 Å². The van der Waals surface area contributed by atoms with E-state index in [1.54, 1.807) is 22.8 Å². The van der Waals surface area contributed by atoms with Gasteiger partial charge in [-0.25, -0.2) is 0 Å². The SMILES string of the molecule is CCC(=O)N1CCN(c2ccc(Cl)cc2C)C(=O)[C@@H]1C. The van der Waals surface area contributed by atoms with E-state index in [4.69, 9.17) is 11.6 Å². The average molecular weight is 295 g/mol. The lowest BCUT2D eigenvalue weighted by Gasteiger charge is -2.39. The second kappa shape index (κ2) is 5.83. The Morgan fingerprint density at radius 3 is 2.70 bits per heavy atom. The van der Waals surface area contributed by atoms with E-state index in [1.165, 1.54) is 0 Å². The van der Waals surface area contributed by atoms with Crippen molar-refractivity contribution in [2.24, 2.45) is 0 Å². The van der Waals surface area contributed by atoms with Gasteiger partial charge in [-0.1, -0.05) is 18.5 Å².